The smallest absolute Gasteiger partial charge is 0.146 e. The zero-order chi connectivity index (χ0) is 18.9. The summed E-state index contributed by atoms with van der Waals surface area (Å²) in [6.07, 6.45) is 7.86. The van der Waals surface area contributed by atoms with Crippen molar-refractivity contribution in [2.45, 2.75) is 57.9 Å². The van der Waals surface area contributed by atoms with Gasteiger partial charge in [0.25, 0.3) is 0 Å². The maximum Gasteiger partial charge on any atom is 0.146 e. The van der Waals surface area contributed by atoms with Crippen molar-refractivity contribution in [3.8, 4) is 0 Å². The van der Waals surface area contributed by atoms with E-state index in [-0.39, 0.29) is 0 Å². The molecule has 3 aliphatic rings. The topological polar surface area (TPSA) is 40.4 Å². The van der Waals surface area contributed by atoms with Crippen LogP contribution in [0.2, 0.25) is 0 Å². The quantitative estimate of drug-likeness (QED) is 0.791. The molecule has 0 bridgehead atoms. The molecule has 152 valence electrons. The van der Waals surface area contributed by atoms with Gasteiger partial charge in [-0.3, -0.25) is 4.90 Å². The van der Waals surface area contributed by atoms with Gasteiger partial charge in [-0.2, -0.15) is 0 Å². The minimum atomic E-state index is 0.481. The van der Waals surface area contributed by atoms with E-state index in [2.05, 4.69) is 50.5 Å². The van der Waals surface area contributed by atoms with Crippen LogP contribution < -0.4 is 0 Å². The molecule has 6 heteroatoms. The Morgan fingerprint density at radius 1 is 0.926 bits per heavy atom. The van der Waals surface area contributed by atoms with Gasteiger partial charge in [-0.25, -0.2) is 0 Å². The van der Waals surface area contributed by atoms with Crippen molar-refractivity contribution in [1.29, 1.82) is 0 Å². The van der Waals surface area contributed by atoms with Gasteiger partial charge in [-0.05, 0) is 83.7 Å². The Bertz CT molecular complexity index is 612. The molecule has 0 N–H and O–H groups in total. The van der Waals surface area contributed by atoms with Gasteiger partial charge in [-0.15, -0.1) is 10.2 Å². The summed E-state index contributed by atoms with van der Waals surface area (Å²) in [5.74, 6) is 2.90. The zero-order valence-corrected chi connectivity index (χ0v) is 17.7. The van der Waals surface area contributed by atoms with Crippen molar-refractivity contribution in [3.05, 3.63) is 11.6 Å². The summed E-state index contributed by atoms with van der Waals surface area (Å²) in [6.45, 7) is 12.0. The predicted molar refractivity (Wildman–Crippen MR) is 109 cm³/mol. The Kier molecular flexibility index (Phi) is 5.86. The molecule has 0 amide bonds. The Morgan fingerprint density at radius 3 is 2.37 bits per heavy atom. The van der Waals surface area contributed by atoms with Gasteiger partial charge in [-0.1, -0.05) is 6.92 Å². The molecule has 4 rings (SSSR count). The Balaban J connectivity index is 1.37. The molecule has 0 saturated carbocycles. The second-order valence-corrected chi connectivity index (χ2v) is 9.70. The summed E-state index contributed by atoms with van der Waals surface area (Å²) in [6, 6.07) is 0. The van der Waals surface area contributed by atoms with E-state index >= 15 is 0 Å². The number of rotatable bonds is 5. The zero-order valence-electron chi connectivity index (χ0n) is 17.7. The van der Waals surface area contributed by atoms with Crippen LogP contribution in [0.15, 0.2) is 0 Å². The van der Waals surface area contributed by atoms with Crippen LogP contribution >= 0.6 is 0 Å². The Labute approximate surface area is 164 Å². The molecular weight excluding hydrogens is 336 g/mol. The summed E-state index contributed by atoms with van der Waals surface area (Å²) in [5.41, 5.74) is 0.481. The lowest BCUT2D eigenvalue weighted by Gasteiger charge is -2.43. The first-order chi connectivity index (χ1) is 13.0. The number of likely N-dealkylation sites (tertiary alicyclic amines) is 3. The van der Waals surface area contributed by atoms with Crippen molar-refractivity contribution in [2.75, 3.05) is 52.9 Å². The van der Waals surface area contributed by atoms with Crippen LogP contribution in [0.3, 0.4) is 0 Å². The van der Waals surface area contributed by atoms with Crippen LogP contribution in [0.4, 0.5) is 0 Å². The fourth-order valence-corrected chi connectivity index (χ4v) is 5.28. The van der Waals surface area contributed by atoms with Crippen LogP contribution in [0.5, 0.6) is 0 Å². The van der Waals surface area contributed by atoms with Crippen LogP contribution in [0.1, 0.15) is 63.0 Å². The van der Waals surface area contributed by atoms with E-state index in [4.69, 9.17) is 0 Å². The minimum absolute atomic E-state index is 0.481. The van der Waals surface area contributed by atoms with E-state index < -0.39 is 0 Å². The Hall–Kier alpha value is -0.980. The molecule has 3 aliphatic heterocycles. The number of piperidine rings is 2. The van der Waals surface area contributed by atoms with Crippen LogP contribution in [-0.4, -0.2) is 82.3 Å². The average molecular weight is 375 g/mol. The monoisotopic (exact) mass is 374 g/mol. The summed E-state index contributed by atoms with van der Waals surface area (Å²) >= 11 is 0. The molecule has 0 aromatic carbocycles. The van der Waals surface area contributed by atoms with Gasteiger partial charge < -0.3 is 14.4 Å². The maximum absolute atomic E-state index is 4.64. The summed E-state index contributed by atoms with van der Waals surface area (Å²) in [4.78, 5) is 7.71. The van der Waals surface area contributed by atoms with Crippen molar-refractivity contribution in [1.82, 2.24) is 29.5 Å². The molecule has 0 spiro atoms. The maximum atomic E-state index is 4.64. The second kappa shape index (κ2) is 8.18. The summed E-state index contributed by atoms with van der Waals surface area (Å²) < 4.78 is 2.30. The first-order valence-electron chi connectivity index (χ1n) is 11.0. The summed E-state index contributed by atoms with van der Waals surface area (Å²) in [7, 11) is 4.43. The molecule has 1 aromatic heterocycles. The lowest BCUT2D eigenvalue weighted by atomic mass is 9.79. The number of aromatic nitrogens is 3. The normalized spacial score (nSPS) is 28.0. The van der Waals surface area contributed by atoms with Gasteiger partial charge in [0.05, 0.1) is 6.54 Å². The number of hydrogen-bond acceptors (Lipinski definition) is 5. The third kappa shape index (κ3) is 4.54. The number of hydrogen-bond donors (Lipinski definition) is 0. The molecule has 3 fully saturated rings. The van der Waals surface area contributed by atoms with Gasteiger partial charge >= 0.3 is 0 Å². The highest BCUT2D eigenvalue weighted by atomic mass is 15.3. The highest BCUT2D eigenvalue weighted by Crippen LogP contribution is 2.34. The van der Waals surface area contributed by atoms with Crippen molar-refractivity contribution >= 4 is 0 Å². The van der Waals surface area contributed by atoms with E-state index in [1.165, 1.54) is 83.6 Å². The first-order valence-corrected chi connectivity index (χ1v) is 11.0. The minimum Gasteiger partial charge on any atom is -0.317 e. The van der Waals surface area contributed by atoms with Gasteiger partial charge in [0.2, 0.25) is 0 Å². The van der Waals surface area contributed by atoms with Crippen molar-refractivity contribution < 1.29 is 0 Å². The highest BCUT2D eigenvalue weighted by molar-refractivity contribution is 5.04. The molecule has 0 aliphatic carbocycles. The molecule has 4 heterocycles. The van der Waals surface area contributed by atoms with Gasteiger partial charge in [0, 0.05) is 26.1 Å². The molecule has 3 saturated heterocycles. The van der Waals surface area contributed by atoms with E-state index in [0.29, 0.717) is 11.3 Å². The summed E-state index contributed by atoms with van der Waals surface area (Å²) in [5, 5.41) is 9.21. The third-order valence-corrected chi connectivity index (χ3v) is 7.23. The molecule has 0 radical (unpaired) electrons. The molecule has 6 nitrogen and oxygen atoms in total. The fraction of sp³-hybridized carbons (Fsp3) is 0.905. The molecular formula is C21H38N6. The van der Waals surface area contributed by atoms with Crippen LogP contribution in [-0.2, 0) is 13.6 Å². The Morgan fingerprint density at radius 2 is 1.63 bits per heavy atom. The fourth-order valence-electron chi connectivity index (χ4n) is 5.28. The van der Waals surface area contributed by atoms with Gasteiger partial charge in [0.1, 0.15) is 11.6 Å². The van der Waals surface area contributed by atoms with E-state index in [0.717, 1.165) is 18.9 Å². The van der Waals surface area contributed by atoms with Crippen LogP contribution in [0.25, 0.3) is 0 Å². The SMILES string of the molecule is CN1CCC(C)(CN2CCC[C@H](c3nnc(CN4CCCC4)n3C)C2)CC1. The van der Waals surface area contributed by atoms with Crippen molar-refractivity contribution in [2.24, 2.45) is 12.5 Å². The number of nitrogens with zero attached hydrogens (tertiary/aromatic N) is 6. The lowest BCUT2D eigenvalue weighted by Crippen LogP contribution is -2.46. The average Bonchev–Trinajstić information content (AvgIpc) is 3.29. The largest absolute Gasteiger partial charge is 0.317 e. The third-order valence-electron chi connectivity index (χ3n) is 7.23. The lowest BCUT2D eigenvalue weighted by molar-refractivity contribution is 0.0716. The molecule has 1 aromatic rings. The predicted octanol–water partition coefficient (Wildman–Crippen LogP) is 2.32. The van der Waals surface area contributed by atoms with E-state index in [9.17, 15) is 0 Å². The van der Waals surface area contributed by atoms with Crippen molar-refractivity contribution in [3.63, 3.8) is 0 Å². The molecule has 27 heavy (non-hydrogen) atoms. The first kappa shape index (κ1) is 19.3. The molecule has 0 unspecified atom stereocenters. The standard InChI is InChI=1S/C21H38N6/c1-21(8-13-24(2)14-9-21)17-27-12-6-7-18(15-27)20-23-22-19(25(20)3)16-26-10-4-5-11-26/h18H,4-17H2,1-3H3/t18-/m0/s1. The van der Waals surface area contributed by atoms with Gasteiger partial charge in [0.15, 0.2) is 0 Å². The van der Waals surface area contributed by atoms with E-state index in [1.807, 2.05) is 0 Å². The molecule has 1 atom stereocenters. The van der Waals surface area contributed by atoms with E-state index in [1.54, 1.807) is 0 Å². The highest BCUT2D eigenvalue weighted by Gasteiger charge is 2.34. The second-order valence-electron chi connectivity index (χ2n) is 9.70. The van der Waals surface area contributed by atoms with Crippen LogP contribution in [0, 0.1) is 5.41 Å².